The highest BCUT2D eigenvalue weighted by atomic mass is 19.4. The van der Waals surface area contributed by atoms with Crippen LogP contribution in [0, 0.1) is 0 Å². The van der Waals surface area contributed by atoms with Gasteiger partial charge in [-0.25, -0.2) is 5.48 Å². The first-order valence-corrected chi connectivity index (χ1v) is 4.09. The Labute approximate surface area is 88.4 Å². The van der Waals surface area contributed by atoms with Crippen molar-refractivity contribution in [3.63, 3.8) is 0 Å². The molecule has 0 bridgehead atoms. The van der Waals surface area contributed by atoms with Crippen LogP contribution in [-0.2, 0) is 11.0 Å². The van der Waals surface area contributed by atoms with Crippen molar-refractivity contribution in [3.8, 4) is 0 Å². The van der Waals surface area contributed by atoms with E-state index in [1.165, 1.54) is 11.6 Å². The minimum atomic E-state index is -4.43. The van der Waals surface area contributed by atoms with Crippen molar-refractivity contribution in [1.29, 1.82) is 0 Å². The highest BCUT2D eigenvalue weighted by Crippen LogP contribution is 2.28. The van der Waals surface area contributed by atoms with E-state index in [-0.39, 0.29) is 5.69 Å². The Morgan fingerprint density at radius 2 is 2.12 bits per heavy atom. The van der Waals surface area contributed by atoms with Crippen molar-refractivity contribution in [3.05, 3.63) is 35.7 Å². The number of carbonyl (C=O) groups excluding carboxylic acids is 1. The van der Waals surface area contributed by atoms with Crippen LogP contribution in [0.4, 0.5) is 13.2 Å². The number of rotatable bonds is 2. The lowest BCUT2D eigenvalue weighted by atomic mass is 10.2. The number of nitrogens with zero attached hydrogens (tertiary/aromatic N) is 1. The quantitative estimate of drug-likeness (QED) is 0.462. The first-order valence-electron chi connectivity index (χ1n) is 4.09. The number of pyridine rings is 1. The van der Waals surface area contributed by atoms with E-state index in [0.29, 0.717) is 6.20 Å². The fourth-order valence-electron chi connectivity index (χ4n) is 0.870. The van der Waals surface area contributed by atoms with Gasteiger partial charge < -0.3 is 0 Å². The first kappa shape index (κ1) is 12.2. The second-order valence-corrected chi connectivity index (χ2v) is 2.78. The molecule has 1 rings (SSSR count). The molecule has 1 amide bonds. The Kier molecular flexibility index (Phi) is 3.62. The molecule has 2 N–H and O–H groups in total. The molecule has 0 unspecified atom stereocenters. The Balaban J connectivity index is 2.80. The average molecular weight is 232 g/mol. The summed E-state index contributed by atoms with van der Waals surface area (Å²) in [6, 6.07) is 1.97. The van der Waals surface area contributed by atoms with Crippen LogP contribution in [0.25, 0.3) is 6.08 Å². The van der Waals surface area contributed by atoms with Gasteiger partial charge in [-0.15, -0.1) is 0 Å². The summed E-state index contributed by atoms with van der Waals surface area (Å²) >= 11 is 0. The van der Waals surface area contributed by atoms with Crippen molar-refractivity contribution < 1.29 is 23.2 Å². The summed E-state index contributed by atoms with van der Waals surface area (Å²) in [5.41, 5.74) is 0.650. The number of carbonyl (C=O) groups is 1. The third-order valence-electron chi connectivity index (χ3n) is 1.63. The second kappa shape index (κ2) is 4.75. The zero-order chi connectivity index (χ0) is 12.2. The molecule has 1 aromatic rings. The van der Waals surface area contributed by atoms with Gasteiger partial charge in [0.1, 0.15) is 0 Å². The summed E-state index contributed by atoms with van der Waals surface area (Å²) in [5.74, 6) is -0.790. The summed E-state index contributed by atoms with van der Waals surface area (Å²) in [6.45, 7) is 0. The SMILES string of the molecule is O=C(/C=C/c1ccc(C(F)(F)F)cn1)NO. The maximum atomic E-state index is 12.1. The van der Waals surface area contributed by atoms with Crippen molar-refractivity contribution >= 4 is 12.0 Å². The van der Waals surface area contributed by atoms with Gasteiger partial charge in [-0.3, -0.25) is 15.0 Å². The molecule has 1 heterocycles. The molecule has 4 nitrogen and oxygen atoms in total. The second-order valence-electron chi connectivity index (χ2n) is 2.78. The molecule has 16 heavy (non-hydrogen) atoms. The van der Waals surface area contributed by atoms with Crippen LogP contribution in [0.2, 0.25) is 0 Å². The van der Waals surface area contributed by atoms with Gasteiger partial charge in [0.15, 0.2) is 0 Å². The monoisotopic (exact) mass is 232 g/mol. The van der Waals surface area contributed by atoms with E-state index in [1.54, 1.807) is 0 Å². The van der Waals surface area contributed by atoms with Gasteiger partial charge in [0.25, 0.3) is 5.91 Å². The third-order valence-corrected chi connectivity index (χ3v) is 1.63. The van der Waals surface area contributed by atoms with Crippen molar-refractivity contribution in [2.75, 3.05) is 0 Å². The molecule has 86 valence electrons. The normalized spacial score (nSPS) is 11.8. The number of amides is 1. The van der Waals surface area contributed by atoms with Crippen molar-refractivity contribution in [1.82, 2.24) is 10.5 Å². The van der Waals surface area contributed by atoms with E-state index in [2.05, 4.69) is 4.98 Å². The summed E-state index contributed by atoms with van der Waals surface area (Å²) in [4.78, 5) is 14.0. The fraction of sp³-hybridized carbons (Fsp3) is 0.111. The molecular weight excluding hydrogens is 225 g/mol. The lowest BCUT2D eigenvalue weighted by molar-refractivity contribution is -0.137. The van der Waals surface area contributed by atoms with Crippen LogP contribution in [0.1, 0.15) is 11.3 Å². The van der Waals surface area contributed by atoms with E-state index in [4.69, 9.17) is 5.21 Å². The van der Waals surface area contributed by atoms with E-state index >= 15 is 0 Å². The summed E-state index contributed by atoms with van der Waals surface area (Å²) < 4.78 is 36.4. The van der Waals surface area contributed by atoms with E-state index < -0.39 is 17.6 Å². The number of halogens is 3. The van der Waals surface area contributed by atoms with Gasteiger partial charge in [-0.1, -0.05) is 0 Å². The largest absolute Gasteiger partial charge is 0.417 e. The topological polar surface area (TPSA) is 62.2 Å². The number of nitrogens with one attached hydrogen (secondary N) is 1. The lowest BCUT2D eigenvalue weighted by Crippen LogP contribution is -2.14. The Hall–Kier alpha value is -1.89. The van der Waals surface area contributed by atoms with Crippen LogP contribution in [0.5, 0.6) is 0 Å². The van der Waals surface area contributed by atoms with E-state index in [1.807, 2.05) is 0 Å². The van der Waals surface area contributed by atoms with Crippen molar-refractivity contribution in [2.45, 2.75) is 6.18 Å². The average Bonchev–Trinajstić information content (AvgIpc) is 2.25. The molecule has 0 saturated heterocycles. The van der Waals surface area contributed by atoms with Crippen LogP contribution < -0.4 is 5.48 Å². The van der Waals surface area contributed by atoms with Crippen LogP contribution >= 0.6 is 0 Å². The molecule has 0 aromatic carbocycles. The predicted octanol–water partition coefficient (Wildman–Crippen LogP) is 1.62. The zero-order valence-corrected chi connectivity index (χ0v) is 7.82. The van der Waals surface area contributed by atoms with Gasteiger partial charge in [0.2, 0.25) is 0 Å². The predicted molar refractivity (Wildman–Crippen MR) is 48.2 cm³/mol. The molecule has 0 fully saturated rings. The smallest absolute Gasteiger partial charge is 0.288 e. The summed E-state index contributed by atoms with van der Waals surface area (Å²) in [6.07, 6.45) is -1.66. The first-order chi connectivity index (χ1) is 7.43. The Morgan fingerprint density at radius 3 is 2.56 bits per heavy atom. The molecule has 0 radical (unpaired) electrons. The van der Waals surface area contributed by atoms with E-state index in [0.717, 1.165) is 18.2 Å². The van der Waals surface area contributed by atoms with Gasteiger partial charge in [0, 0.05) is 12.3 Å². The Bertz CT molecular complexity index is 398. The van der Waals surface area contributed by atoms with Crippen molar-refractivity contribution in [2.24, 2.45) is 0 Å². The highest BCUT2D eigenvalue weighted by molar-refractivity contribution is 5.90. The van der Waals surface area contributed by atoms with Gasteiger partial charge in [0.05, 0.1) is 11.3 Å². The standard InChI is InChI=1S/C9H7F3N2O2/c10-9(11,12)6-1-2-7(13-5-6)3-4-8(15)14-16/h1-5,16H,(H,14,15)/b4-3+. The minimum absolute atomic E-state index is 0.177. The van der Waals surface area contributed by atoms with Crippen LogP contribution in [0.3, 0.4) is 0 Å². The number of hydrogen-bond donors (Lipinski definition) is 2. The number of alkyl halides is 3. The molecule has 0 aliphatic heterocycles. The third kappa shape index (κ3) is 3.35. The molecule has 0 aliphatic carbocycles. The maximum Gasteiger partial charge on any atom is 0.417 e. The zero-order valence-electron chi connectivity index (χ0n) is 7.82. The summed E-state index contributed by atoms with van der Waals surface area (Å²) in [5, 5.41) is 8.14. The lowest BCUT2D eigenvalue weighted by Gasteiger charge is -2.05. The Morgan fingerprint density at radius 1 is 1.44 bits per heavy atom. The maximum absolute atomic E-state index is 12.1. The molecular formula is C9H7F3N2O2. The minimum Gasteiger partial charge on any atom is -0.288 e. The molecule has 0 aliphatic rings. The van der Waals surface area contributed by atoms with Crippen LogP contribution in [0.15, 0.2) is 24.4 Å². The number of aromatic nitrogens is 1. The van der Waals surface area contributed by atoms with Crippen LogP contribution in [-0.4, -0.2) is 16.1 Å². The fourth-order valence-corrected chi connectivity index (χ4v) is 0.870. The highest BCUT2D eigenvalue weighted by Gasteiger charge is 2.30. The molecule has 1 aromatic heterocycles. The van der Waals surface area contributed by atoms with Gasteiger partial charge >= 0.3 is 6.18 Å². The van der Waals surface area contributed by atoms with E-state index in [9.17, 15) is 18.0 Å². The molecule has 0 saturated carbocycles. The molecule has 7 heteroatoms. The molecule has 0 atom stereocenters. The number of hydroxylamine groups is 1. The van der Waals surface area contributed by atoms with Gasteiger partial charge in [-0.05, 0) is 18.2 Å². The number of hydrogen-bond acceptors (Lipinski definition) is 3. The van der Waals surface area contributed by atoms with Gasteiger partial charge in [-0.2, -0.15) is 13.2 Å². The molecule has 0 spiro atoms. The summed E-state index contributed by atoms with van der Waals surface area (Å²) in [7, 11) is 0.